The van der Waals surface area contributed by atoms with Crippen molar-refractivity contribution in [3.05, 3.63) is 12.7 Å². The van der Waals surface area contributed by atoms with Crippen LogP contribution in [0, 0.1) is 5.41 Å². The number of hydrogen-bond donors (Lipinski definition) is 0. The normalized spacial score (nSPS) is 53.4. The quantitative estimate of drug-likeness (QED) is 0.382. The molecule has 2 heteroatoms. The second-order valence-electron chi connectivity index (χ2n) is 2.50. The molecule has 0 radical (unpaired) electrons. The van der Waals surface area contributed by atoms with Gasteiger partial charge in [0.05, 0.1) is 0 Å². The minimum Gasteiger partial charge on any atom is -0.225 e. The van der Waals surface area contributed by atoms with Gasteiger partial charge in [-0.05, 0) is 0 Å². The first-order valence-electron chi connectivity index (χ1n) is 2.53. The predicted octanol–water partition coefficient (Wildman–Crippen LogP) is 2.49. The minimum atomic E-state index is -1.49. The summed E-state index contributed by atoms with van der Waals surface area (Å²) in [6, 6.07) is 0. The van der Waals surface area contributed by atoms with Crippen LogP contribution in [0.25, 0.3) is 0 Å². The molecule has 0 amide bonds. The van der Waals surface area contributed by atoms with Gasteiger partial charge in [-0.1, -0.05) is 24.6 Å². The predicted molar refractivity (Wildman–Crippen MR) is 32.6 cm³/mol. The maximum absolute atomic E-state index is 12.5. The van der Waals surface area contributed by atoms with Crippen molar-refractivity contribution >= 4 is 11.6 Å². The molecule has 0 bridgehead atoms. The lowest BCUT2D eigenvalue weighted by Gasteiger charge is -2.00. The molecule has 0 N–H and O–H groups in total. The number of hydrogen-bond acceptors (Lipinski definition) is 0. The summed E-state index contributed by atoms with van der Waals surface area (Å²) in [5.41, 5.74) is -0.450. The molecule has 1 aliphatic carbocycles. The second-order valence-corrected chi connectivity index (χ2v) is 3.10. The second kappa shape index (κ2) is 1.27. The number of allylic oxidation sites excluding steroid dienone is 1. The highest BCUT2D eigenvalue weighted by atomic mass is 35.5. The summed E-state index contributed by atoms with van der Waals surface area (Å²) in [5.74, 6) is 0. The van der Waals surface area contributed by atoms with E-state index in [1.54, 1.807) is 13.0 Å². The smallest absolute Gasteiger partial charge is 0.193 e. The Bertz CT molecular complexity index is 130. The van der Waals surface area contributed by atoms with E-state index in [2.05, 4.69) is 6.58 Å². The van der Waals surface area contributed by atoms with Gasteiger partial charge in [-0.25, -0.2) is 4.39 Å². The largest absolute Gasteiger partial charge is 0.225 e. The molecule has 8 heavy (non-hydrogen) atoms. The van der Waals surface area contributed by atoms with Gasteiger partial charge in [0.25, 0.3) is 0 Å². The van der Waals surface area contributed by atoms with Gasteiger partial charge in [0.2, 0.25) is 0 Å². The minimum absolute atomic E-state index is 0.408. The molecule has 0 heterocycles. The third-order valence-corrected chi connectivity index (χ3v) is 2.32. The Morgan fingerprint density at radius 3 is 2.25 bits per heavy atom. The van der Waals surface area contributed by atoms with Crippen molar-refractivity contribution in [3.8, 4) is 0 Å². The molecule has 1 saturated carbocycles. The molecule has 46 valence electrons. The summed E-state index contributed by atoms with van der Waals surface area (Å²) in [4.78, 5) is 0. The van der Waals surface area contributed by atoms with E-state index in [0.29, 0.717) is 6.42 Å². The highest BCUT2D eigenvalue weighted by Crippen LogP contribution is 2.62. The van der Waals surface area contributed by atoms with E-state index >= 15 is 0 Å². The molecule has 1 aliphatic rings. The van der Waals surface area contributed by atoms with Gasteiger partial charge in [0.1, 0.15) is 0 Å². The van der Waals surface area contributed by atoms with Crippen molar-refractivity contribution in [2.45, 2.75) is 18.5 Å². The Balaban J connectivity index is 2.68. The summed E-state index contributed by atoms with van der Waals surface area (Å²) >= 11 is 5.31. The first kappa shape index (κ1) is 6.09. The highest BCUT2D eigenvalue weighted by molar-refractivity contribution is 6.25. The average Bonchev–Trinajstić information content (AvgIpc) is 2.10. The molecule has 0 saturated heterocycles. The van der Waals surface area contributed by atoms with Crippen LogP contribution in [0.15, 0.2) is 12.7 Å². The van der Waals surface area contributed by atoms with Crippen LogP contribution in [-0.4, -0.2) is 5.13 Å². The van der Waals surface area contributed by atoms with Gasteiger partial charge in [-0.2, -0.15) is 0 Å². The van der Waals surface area contributed by atoms with Gasteiger partial charge in [-0.15, -0.1) is 6.58 Å². The Kier molecular flexibility index (Phi) is 0.965. The van der Waals surface area contributed by atoms with Crippen LogP contribution in [0.4, 0.5) is 4.39 Å². The summed E-state index contributed by atoms with van der Waals surface area (Å²) < 4.78 is 12.5. The fraction of sp³-hybridized carbons (Fsp3) is 0.667. The molecular formula is C6H8ClF. The lowest BCUT2D eigenvalue weighted by atomic mass is 10.1. The zero-order valence-corrected chi connectivity index (χ0v) is 5.50. The highest BCUT2D eigenvalue weighted by Gasteiger charge is 2.63. The SMILES string of the molecule is C=C[C@]1(C)CC1(F)Cl. The van der Waals surface area contributed by atoms with Crippen molar-refractivity contribution in [3.63, 3.8) is 0 Å². The molecule has 1 rings (SSSR count). The zero-order valence-electron chi connectivity index (χ0n) is 4.75. The van der Waals surface area contributed by atoms with Crippen LogP contribution in [0.3, 0.4) is 0 Å². The molecule has 0 aromatic carbocycles. The van der Waals surface area contributed by atoms with Crippen molar-refractivity contribution in [2.24, 2.45) is 5.41 Å². The number of halogens is 2. The van der Waals surface area contributed by atoms with Gasteiger partial charge in [0.15, 0.2) is 5.13 Å². The van der Waals surface area contributed by atoms with Gasteiger partial charge < -0.3 is 0 Å². The monoisotopic (exact) mass is 134 g/mol. The Morgan fingerprint density at radius 1 is 1.88 bits per heavy atom. The number of rotatable bonds is 1. The van der Waals surface area contributed by atoms with Crippen LogP contribution in [0.2, 0.25) is 0 Å². The van der Waals surface area contributed by atoms with Crippen LogP contribution in [0.1, 0.15) is 13.3 Å². The summed E-state index contributed by atoms with van der Waals surface area (Å²) in [7, 11) is 0. The van der Waals surface area contributed by atoms with Crippen molar-refractivity contribution in [1.82, 2.24) is 0 Å². The van der Waals surface area contributed by atoms with Crippen LogP contribution in [-0.2, 0) is 0 Å². The fourth-order valence-corrected chi connectivity index (χ4v) is 0.993. The molecule has 0 spiro atoms. The maximum Gasteiger partial charge on any atom is 0.193 e. The first-order valence-corrected chi connectivity index (χ1v) is 2.91. The van der Waals surface area contributed by atoms with Gasteiger partial charge in [-0.3, -0.25) is 0 Å². The van der Waals surface area contributed by atoms with Crippen molar-refractivity contribution in [1.29, 1.82) is 0 Å². The number of alkyl halides is 2. The Labute approximate surface area is 53.3 Å². The van der Waals surface area contributed by atoms with E-state index in [4.69, 9.17) is 11.6 Å². The Hall–Kier alpha value is -0.0400. The zero-order chi connectivity index (χ0) is 6.41. The van der Waals surface area contributed by atoms with E-state index < -0.39 is 10.5 Å². The lowest BCUT2D eigenvalue weighted by Crippen LogP contribution is -1.99. The lowest BCUT2D eigenvalue weighted by molar-refractivity contribution is 0.370. The molecule has 0 aromatic heterocycles. The van der Waals surface area contributed by atoms with Gasteiger partial charge in [0, 0.05) is 11.8 Å². The molecule has 0 aliphatic heterocycles. The van der Waals surface area contributed by atoms with E-state index in [-0.39, 0.29) is 0 Å². The van der Waals surface area contributed by atoms with Crippen LogP contribution in [0.5, 0.6) is 0 Å². The topological polar surface area (TPSA) is 0 Å². The van der Waals surface area contributed by atoms with E-state index in [0.717, 1.165) is 0 Å². The van der Waals surface area contributed by atoms with Crippen molar-refractivity contribution in [2.75, 3.05) is 0 Å². The summed E-state index contributed by atoms with van der Waals surface area (Å²) in [6.45, 7) is 5.22. The third kappa shape index (κ3) is 0.576. The average molecular weight is 135 g/mol. The standard InChI is InChI=1S/C6H8ClF/c1-3-5(2)4-6(5,7)8/h3H,1,4H2,2H3/t5-,6?/m1/s1. The maximum atomic E-state index is 12.5. The molecule has 1 fully saturated rings. The third-order valence-electron chi connectivity index (χ3n) is 1.75. The first-order chi connectivity index (χ1) is 3.52. The van der Waals surface area contributed by atoms with Crippen LogP contribution >= 0.6 is 11.6 Å². The van der Waals surface area contributed by atoms with Crippen molar-refractivity contribution < 1.29 is 4.39 Å². The van der Waals surface area contributed by atoms with Crippen LogP contribution < -0.4 is 0 Å². The van der Waals surface area contributed by atoms with Gasteiger partial charge >= 0.3 is 0 Å². The molecule has 0 aromatic rings. The summed E-state index contributed by atoms with van der Waals surface area (Å²) in [6.07, 6.45) is 1.98. The molecule has 2 atom stereocenters. The van der Waals surface area contributed by atoms with E-state index in [1.165, 1.54) is 0 Å². The van der Waals surface area contributed by atoms with E-state index in [1.807, 2.05) is 0 Å². The Morgan fingerprint density at radius 2 is 2.25 bits per heavy atom. The molecular weight excluding hydrogens is 127 g/mol. The fourth-order valence-electron chi connectivity index (χ4n) is 0.639. The summed E-state index contributed by atoms with van der Waals surface area (Å²) in [5, 5.41) is -1.49. The molecule has 0 nitrogen and oxygen atoms in total. The molecule has 1 unspecified atom stereocenters. The van der Waals surface area contributed by atoms with E-state index in [9.17, 15) is 4.39 Å².